The summed E-state index contributed by atoms with van der Waals surface area (Å²) in [6.45, 7) is 3.48. The molecule has 2 aromatic rings. The average molecular weight is 319 g/mol. The summed E-state index contributed by atoms with van der Waals surface area (Å²) in [6, 6.07) is 8.52. The molecule has 0 spiro atoms. The first-order valence-electron chi connectivity index (χ1n) is 6.62. The molecular formula is C16H15ClN2O3. The molecule has 1 aromatic heterocycles. The molecule has 0 saturated carbocycles. The average Bonchev–Trinajstić information content (AvgIpc) is 2.49. The minimum Gasteiger partial charge on any atom is -0.451 e. The Labute approximate surface area is 133 Å². The minimum absolute atomic E-state index is 0.0621. The lowest BCUT2D eigenvalue weighted by Gasteiger charge is -2.10. The van der Waals surface area contributed by atoms with Crippen LogP contribution in [0.5, 0.6) is 0 Å². The molecule has 0 aliphatic heterocycles. The van der Waals surface area contributed by atoms with Crippen molar-refractivity contribution in [2.45, 2.75) is 13.8 Å². The number of nitrogens with one attached hydrogen (secondary N) is 1. The molecule has 0 saturated heterocycles. The number of halogens is 1. The summed E-state index contributed by atoms with van der Waals surface area (Å²) in [5.41, 5.74) is 2.80. The molecular weight excluding hydrogens is 304 g/mol. The first-order valence-corrected chi connectivity index (χ1v) is 7.00. The predicted octanol–water partition coefficient (Wildman–Crippen LogP) is 3.15. The molecule has 1 amide bonds. The van der Waals surface area contributed by atoms with Crippen molar-refractivity contribution < 1.29 is 14.3 Å². The van der Waals surface area contributed by atoms with Crippen molar-refractivity contribution >= 4 is 29.2 Å². The molecule has 0 aliphatic carbocycles. The lowest BCUT2D eigenvalue weighted by atomic mass is 10.1. The van der Waals surface area contributed by atoms with E-state index in [1.54, 1.807) is 12.1 Å². The Balaban J connectivity index is 1.93. The zero-order valence-corrected chi connectivity index (χ0v) is 13.0. The number of esters is 1. The van der Waals surface area contributed by atoms with Crippen LogP contribution in [-0.4, -0.2) is 23.5 Å². The number of carbonyl (C=O) groups is 2. The van der Waals surface area contributed by atoms with E-state index in [1.165, 1.54) is 12.3 Å². The van der Waals surface area contributed by atoms with Crippen molar-refractivity contribution in [1.29, 1.82) is 0 Å². The first kappa shape index (κ1) is 16.0. The largest absolute Gasteiger partial charge is 0.451 e. The van der Waals surface area contributed by atoms with E-state index in [0.717, 1.165) is 11.1 Å². The van der Waals surface area contributed by atoms with E-state index >= 15 is 0 Å². The number of aromatic nitrogens is 1. The van der Waals surface area contributed by atoms with Gasteiger partial charge >= 0.3 is 5.97 Å². The van der Waals surface area contributed by atoms with Crippen molar-refractivity contribution in [3.05, 3.63) is 58.4 Å². The van der Waals surface area contributed by atoms with Gasteiger partial charge in [0.1, 0.15) is 5.69 Å². The Morgan fingerprint density at radius 2 is 2.05 bits per heavy atom. The maximum Gasteiger partial charge on any atom is 0.357 e. The fraction of sp³-hybridized carbons (Fsp3) is 0.188. The van der Waals surface area contributed by atoms with Crippen LogP contribution in [0.3, 0.4) is 0 Å². The number of anilines is 1. The van der Waals surface area contributed by atoms with Crippen molar-refractivity contribution in [1.82, 2.24) is 4.98 Å². The second kappa shape index (κ2) is 7.04. The van der Waals surface area contributed by atoms with Crippen molar-refractivity contribution in [3.63, 3.8) is 0 Å². The number of benzene rings is 1. The van der Waals surface area contributed by atoms with Crippen LogP contribution < -0.4 is 5.32 Å². The summed E-state index contributed by atoms with van der Waals surface area (Å²) in [5.74, 6) is -1.11. The molecule has 6 heteroatoms. The lowest BCUT2D eigenvalue weighted by molar-refractivity contribution is -0.119. The number of nitrogens with zero attached hydrogens (tertiary/aromatic N) is 1. The molecule has 22 heavy (non-hydrogen) atoms. The standard InChI is InChI=1S/C16H15ClN2O3/c1-10-4-3-5-13(11(10)2)19-15(20)9-22-16(21)14-8-12(17)6-7-18-14/h3-8H,9H2,1-2H3,(H,19,20). The van der Waals surface area contributed by atoms with Crippen LogP contribution in [-0.2, 0) is 9.53 Å². The number of rotatable bonds is 4. The van der Waals surface area contributed by atoms with Gasteiger partial charge in [0, 0.05) is 16.9 Å². The molecule has 1 heterocycles. The number of hydrogen-bond donors (Lipinski definition) is 1. The third-order valence-electron chi connectivity index (χ3n) is 3.14. The summed E-state index contributed by atoms with van der Waals surface area (Å²) in [5, 5.41) is 3.08. The van der Waals surface area contributed by atoms with Gasteiger partial charge in [-0.15, -0.1) is 0 Å². The Hall–Kier alpha value is -2.40. The quantitative estimate of drug-likeness (QED) is 0.879. The highest BCUT2D eigenvalue weighted by Crippen LogP contribution is 2.17. The van der Waals surface area contributed by atoms with E-state index in [2.05, 4.69) is 10.3 Å². The van der Waals surface area contributed by atoms with Crippen molar-refractivity contribution in [2.75, 3.05) is 11.9 Å². The maximum absolute atomic E-state index is 11.8. The topological polar surface area (TPSA) is 68.3 Å². The second-order valence-corrected chi connectivity index (χ2v) is 5.17. The Morgan fingerprint density at radius 1 is 1.27 bits per heavy atom. The third-order valence-corrected chi connectivity index (χ3v) is 3.38. The van der Waals surface area contributed by atoms with Gasteiger partial charge in [0.05, 0.1) is 0 Å². The predicted molar refractivity (Wildman–Crippen MR) is 84.1 cm³/mol. The summed E-state index contributed by atoms with van der Waals surface area (Å²) in [6.07, 6.45) is 1.40. The van der Waals surface area contributed by atoms with Crippen LogP contribution in [0, 0.1) is 13.8 Å². The fourth-order valence-corrected chi connectivity index (χ4v) is 1.95. The van der Waals surface area contributed by atoms with Gasteiger partial charge in [-0.25, -0.2) is 9.78 Å². The molecule has 114 valence electrons. The minimum atomic E-state index is -0.696. The Kier molecular flexibility index (Phi) is 5.12. The second-order valence-electron chi connectivity index (χ2n) is 4.73. The van der Waals surface area contributed by atoms with E-state index < -0.39 is 11.9 Å². The van der Waals surface area contributed by atoms with Crippen molar-refractivity contribution in [2.24, 2.45) is 0 Å². The maximum atomic E-state index is 11.8. The van der Waals surface area contributed by atoms with Crippen LogP contribution in [0.25, 0.3) is 0 Å². The Bertz CT molecular complexity index is 716. The zero-order valence-electron chi connectivity index (χ0n) is 12.2. The molecule has 0 unspecified atom stereocenters. The molecule has 0 fully saturated rings. The van der Waals surface area contributed by atoms with E-state index in [-0.39, 0.29) is 12.3 Å². The highest BCUT2D eigenvalue weighted by atomic mass is 35.5. The molecule has 1 N–H and O–H groups in total. The van der Waals surface area contributed by atoms with Gasteiger partial charge in [-0.1, -0.05) is 23.7 Å². The molecule has 0 radical (unpaired) electrons. The number of pyridine rings is 1. The van der Waals surface area contributed by atoms with Gasteiger partial charge in [-0.2, -0.15) is 0 Å². The highest BCUT2D eigenvalue weighted by Gasteiger charge is 2.12. The molecule has 0 aliphatic rings. The summed E-state index contributed by atoms with van der Waals surface area (Å²) in [7, 11) is 0. The monoisotopic (exact) mass is 318 g/mol. The van der Waals surface area contributed by atoms with Gasteiger partial charge in [-0.3, -0.25) is 4.79 Å². The molecule has 0 atom stereocenters. The van der Waals surface area contributed by atoms with Crippen LogP contribution in [0.15, 0.2) is 36.5 Å². The SMILES string of the molecule is Cc1cccc(NC(=O)COC(=O)c2cc(Cl)ccn2)c1C. The highest BCUT2D eigenvalue weighted by molar-refractivity contribution is 6.30. The smallest absolute Gasteiger partial charge is 0.357 e. The molecule has 1 aromatic carbocycles. The number of hydrogen-bond acceptors (Lipinski definition) is 4. The van der Waals surface area contributed by atoms with Gasteiger partial charge in [0.2, 0.25) is 0 Å². The van der Waals surface area contributed by atoms with E-state index in [9.17, 15) is 9.59 Å². The van der Waals surface area contributed by atoms with Crippen LogP contribution in [0.1, 0.15) is 21.6 Å². The lowest BCUT2D eigenvalue weighted by Crippen LogP contribution is -2.21. The van der Waals surface area contributed by atoms with Crippen LogP contribution in [0.2, 0.25) is 5.02 Å². The van der Waals surface area contributed by atoms with Gasteiger partial charge < -0.3 is 10.1 Å². The normalized spacial score (nSPS) is 10.1. The zero-order chi connectivity index (χ0) is 16.1. The van der Waals surface area contributed by atoms with Gasteiger partial charge in [0.25, 0.3) is 5.91 Å². The summed E-state index contributed by atoms with van der Waals surface area (Å²) < 4.78 is 4.92. The molecule has 2 rings (SSSR count). The van der Waals surface area contributed by atoms with Crippen LogP contribution in [0.4, 0.5) is 5.69 Å². The van der Waals surface area contributed by atoms with E-state index in [1.807, 2.05) is 26.0 Å². The number of carbonyl (C=O) groups excluding carboxylic acids is 2. The van der Waals surface area contributed by atoms with Gasteiger partial charge in [-0.05, 0) is 43.2 Å². The number of amides is 1. The summed E-state index contributed by atoms with van der Waals surface area (Å²) in [4.78, 5) is 27.4. The fourth-order valence-electron chi connectivity index (χ4n) is 1.79. The number of ether oxygens (including phenoxy) is 1. The summed E-state index contributed by atoms with van der Waals surface area (Å²) >= 11 is 5.76. The van der Waals surface area contributed by atoms with E-state index in [0.29, 0.717) is 10.7 Å². The van der Waals surface area contributed by atoms with Crippen molar-refractivity contribution in [3.8, 4) is 0 Å². The first-order chi connectivity index (χ1) is 10.5. The molecule has 0 bridgehead atoms. The molecule has 5 nitrogen and oxygen atoms in total. The van der Waals surface area contributed by atoms with E-state index in [4.69, 9.17) is 16.3 Å². The van der Waals surface area contributed by atoms with Crippen LogP contribution >= 0.6 is 11.6 Å². The third kappa shape index (κ3) is 4.05. The number of aryl methyl sites for hydroxylation is 1. The Morgan fingerprint density at radius 3 is 2.77 bits per heavy atom. The van der Waals surface area contributed by atoms with Gasteiger partial charge in [0.15, 0.2) is 6.61 Å².